The van der Waals surface area contributed by atoms with Gasteiger partial charge in [-0.25, -0.2) is 14.2 Å². The molecule has 0 bridgehead atoms. The first-order valence-corrected chi connectivity index (χ1v) is 4.86. The summed E-state index contributed by atoms with van der Waals surface area (Å²) >= 11 is 1.47. The van der Waals surface area contributed by atoms with Gasteiger partial charge < -0.3 is 0 Å². The maximum Gasteiger partial charge on any atom is 0.235 e. The predicted octanol–water partition coefficient (Wildman–Crippen LogP) is 2.38. The van der Waals surface area contributed by atoms with Crippen LogP contribution in [0.1, 0.15) is 5.56 Å². The van der Waals surface area contributed by atoms with Crippen LogP contribution in [0.5, 0.6) is 0 Å². The van der Waals surface area contributed by atoms with Crippen LogP contribution < -0.4 is 0 Å². The number of benzene rings is 1. The molecule has 13 heavy (non-hydrogen) atoms. The number of thioether (sulfide) groups is 1. The zero-order valence-corrected chi connectivity index (χ0v) is 7.90. The molecule has 0 saturated carbocycles. The summed E-state index contributed by atoms with van der Waals surface area (Å²) in [7, 11) is 0. The van der Waals surface area contributed by atoms with Gasteiger partial charge in [-0.1, -0.05) is 6.07 Å². The maximum absolute atomic E-state index is 13.2. The average Bonchev–Trinajstić information content (AvgIpc) is 2.16. The third-order valence-electron chi connectivity index (χ3n) is 1.57. The number of isocyanates is 1. The van der Waals surface area contributed by atoms with Gasteiger partial charge in [0.15, 0.2) is 0 Å². The molecular formula is C9H8FNOS. The Kier molecular flexibility index (Phi) is 3.68. The van der Waals surface area contributed by atoms with E-state index in [2.05, 4.69) is 4.99 Å². The number of carbonyl (C=O) groups excluding carboxylic acids is 1. The van der Waals surface area contributed by atoms with Crippen LogP contribution in [0.3, 0.4) is 0 Å². The van der Waals surface area contributed by atoms with E-state index < -0.39 is 0 Å². The van der Waals surface area contributed by atoms with Crippen molar-refractivity contribution >= 4 is 17.8 Å². The van der Waals surface area contributed by atoms with Crippen LogP contribution in [0.2, 0.25) is 0 Å². The van der Waals surface area contributed by atoms with Crippen molar-refractivity contribution in [2.24, 2.45) is 4.99 Å². The molecule has 1 aromatic carbocycles. The zero-order valence-electron chi connectivity index (χ0n) is 7.08. The van der Waals surface area contributed by atoms with Crippen LogP contribution in [0, 0.1) is 5.82 Å². The number of nitrogens with zero attached hydrogens (tertiary/aromatic N) is 1. The lowest BCUT2D eigenvalue weighted by Gasteiger charge is -2.00. The fourth-order valence-electron chi connectivity index (χ4n) is 0.901. The van der Waals surface area contributed by atoms with Gasteiger partial charge in [0.05, 0.1) is 6.54 Å². The van der Waals surface area contributed by atoms with Gasteiger partial charge in [-0.2, -0.15) is 0 Å². The largest absolute Gasteiger partial charge is 0.235 e. The third-order valence-corrected chi connectivity index (χ3v) is 2.30. The molecule has 0 aromatic heterocycles. The van der Waals surface area contributed by atoms with Gasteiger partial charge in [-0.05, 0) is 18.4 Å². The first kappa shape index (κ1) is 9.96. The highest BCUT2D eigenvalue weighted by molar-refractivity contribution is 7.98. The molecule has 0 aliphatic heterocycles. The van der Waals surface area contributed by atoms with Gasteiger partial charge in [0.2, 0.25) is 6.08 Å². The van der Waals surface area contributed by atoms with Crippen LogP contribution in [-0.4, -0.2) is 12.3 Å². The molecule has 68 valence electrons. The van der Waals surface area contributed by atoms with E-state index in [1.54, 1.807) is 12.1 Å². The molecule has 0 N–H and O–H groups in total. The molecule has 1 aromatic rings. The van der Waals surface area contributed by atoms with Crippen LogP contribution in [0.25, 0.3) is 0 Å². The topological polar surface area (TPSA) is 29.4 Å². The summed E-state index contributed by atoms with van der Waals surface area (Å²) in [5, 5.41) is 0. The lowest BCUT2D eigenvalue weighted by molar-refractivity contribution is 0.561. The number of rotatable bonds is 3. The minimum Gasteiger partial charge on any atom is -0.211 e. The number of aliphatic imine (C=N–C) groups is 1. The highest BCUT2D eigenvalue weighted by atomic mass is 32.2. The second-order valence-corrected chi connectivity index (χ2v) is 3.24. The summed E-state index contributed by atoms with van der Waals surface area (Å²) in [5.74, 6) is -0.328. The first-order chi connectivity index (χ1) is 6.27. The van der Waals surface area contributed by atoms with E-state index in [0.29, 0.717) is 5.56 Å². The Labute approximate surface area is 79.9 Å². The van der Waals surface area contributed by atoms with Crippen molar-refractivity contribution in [3.05, 3.63) is 29.6 Å². The van der Waals surface area contributed by atoms with Crippen molar-refractivity contribution in [1.29, 1.82) is 0 Å². The molecule has 2 nitrogen and oxygen atoms in total. The Hall–Kier alpha value is -1.12. The lowest BCUT2D eigenvalue weighted by Crippen LogP contribution is -1.88. The third kappa shape index (κ3) is 2.68. The van der Waals surface area contributed by atoms with Crippen molar-refractivity contribution in [3.63, 3.8) is 0 Å². The van der Waals surface area contributed by atoms with Gasteiger partial charge in [0.25, 0.3) is 0 Å². The van der Waals surface area contributed by atoms with Gasteiger partial charge in [-0.15, -0.1) is 11.8 Å². The quantitative estimate of drug-likeness (QED) is 0.423. The summed E-state index contributed by atoms with van der Waals surface area (Å²) in [4.78, 5) is 14.0. The van der Waals surface area contributed by atoms with E-state index in [4.69, 9.17) is 0 Å². The smallest absolute Gasteiger partial charge is 0.211 e. The number of hydrogen-bond donors (Lipinski definition) is 0. The lowest BCUT2D eigenvalue weighted by atomic mass is 10.2. The Morgan fingerprint density at radius 1 is 1.62 bits per heavy atom. The highest BCUT2D eigenvalue weighted by Crippen LogP contribution is 2.18. The normalized spacial score (nSPS) is 9.38. The highest BCUT2D eigenvalue weighted by Gasteiger charge is 2.01. The Morgan fingerprint density at radius 3 is 2.92 bits per heavy atom. The standard InChI is InChI=1S/C9H8FNOS/c1-13-8-3-2-7(5-11-6-12)9(10)4-8/h2-4H,5H2,1H3. The number of hydrogen-bond acceptors (Lipinski definition) is 3. The van der Waals surface area contributed by atoms with E-state index in [1.165, 1.54) is 23.9 Å². The minimum atomic E-state index is -0.328. The molecule has 4 heteroatoms. The van der Waals surface area contributed by atoms with Crippen LogP contribution in [0.4, 0.5) is 4.39 Å². The van der Waals surface area contributed by atoms with Gasteiger partial charge in [0, 0.05) is 10.5 Å². The van der Waals surface area contributed by atoms with Crippen LogP contribution in [-0.2, 0) is 11.3 Å². The Balaban J connectivity index is 2.91. The number of halogens is 1. The maximum atomic E-state index is 13.2. The van der Waals surface area contributed by atoms with Crippen LogP contribution in [0.15, 0.2) is 28.1 Å². The van der Waals surface area contributed by atoms with Crippen molar-refractivity contribution in [3.8, 4) is 0 Å². The average molecular weight is 197 g/mol. The summed E-state index contributed by atoms with van der Waals surface area (Å²) in [6.07, 6.45) is 3.25. The molecule has 0 unspecified atom stereocenters. The molecule has 0 amide bonds. The second kappa shape index (κ2) is 4.80. The fraction of sp³-hybridized carbons (Fsp3) is 0.222. The zero-order chi connectivity index (χ0) is 9.68. The van der Waals surface area contributed by atoms with E-state index in [0.717, 1.165) is 4.90 Å². The van der Waals surface area contributed by atoms with E-state index >= 15 is 0 Å². The minimum absolute atomic E-state index is 0.0595. The molecule has 0 aliphatic carbocycles. The molecule has 0 radical (unpaired) electrons. The van der Waals surface area contributed by atoms with Crippen molar-refractivity contribution < 1.29 is 9.18 Å². The fourth-order valence-corrected chi connectivity index (χ4v) is 1.33. The van der Waals surface area contributed by atoms with Crippen molar-refractivity contribution in [2.75, 3.05) is 6.26 Å². The molecule has 0 spiro atoms. The first-order valence-electron chi connectivity index (χ1n) is 3.64. The molecular weight excluding hydrogens is 189 g/mol. The van der Waals surface area contributed by atoms with E-state index in [-0.39, 0.29) is 12.4 Å². The molecule has 1 rings (SSSR count). The molecule has 0 aliphatic rings. The summed E-state index contributed by atoms with van der Waals surface area (Å²) < 4.78 is 13.2. The van der Waals surface area contributed by atoms with Crippen molar-refractivity contribution in [2.45, 2.75) is 11.4 Å². The molecule has 0 saturated heterocycles. The molecule has 0 fully saturated rings. The second-order valence-electron chi connectivity index (χ2n) is 2.36. The monoisotopic (exact) mass is 197 g/mol. The summed E-state index contributed by atoms with van der Waals surface area (Å²) in [6.45, 7) is 0.0595. The SMILES string of the molecule is CSc1ccc(CN=C=O)c(F)c1. The predicted molar refractivity (Wildman–Crippen MR) is 50.0 cm³/mol. The van der Waals surface area contributed by atoms with Gasteiger partial charge in [-0.3, -0.25) is 0 Å². The van der Waals surface area contributed by atoms with Crippen molar-refractivity contribution in [1.82, 2.24) is 0 Å². The van der Waals surface area contributed by atoms with E-state index in [1.807, 2.05) is 6.26 Å². The van der Waals surface area contributed by atoms with Crippen LogP contribution >= 0.6 is 11.8 Å². The summed E-state index contributed by atoms with van der Waals surface area (Å²) in [5.41, 5.74) is 0.418. The Morgan fingerprint density at radius 2 is 2.38 bits per heavy atom. The summed E-state index contributed by atoms with van der Waals surface area (Å²) in [6, 6.07) is 4.85. The molecule has 0 heterocycles. The van der Waals surface area contributed by atoms with Gasteiger partial charge in [0.1, 0.15) is 5.82 Å². The Bertz CT molecular complexity index is 347. The molecule has 0 atom stereocenters. The van der Waals surface area contributed by atoms with Gasteiger partial charge >= 0.3 is 0 Å². The van der Waals surface area contributed by atoms with E-state index in [9.17, 15) is 9.18 Å².